The third kappa shape index (κ3) is 4.26. The number of nitrogens with zero attached hydrogens (tertiary/aromatic N) is 1. The molecule has 1 N–H and O–H groups in total. The van der Waals surface area contributed by atoms with Gasteiger partial charge < -0.3 is 10.1 Å². The Morgan fingerprint density at radius 2 is 2.32 bits per heavy atom. The fraction of sp³-hybridized carbons (Fsp3) is 0.714. The molecule has 0 saturated carbocycles. The monoisotopic (exact) mass is 346 g/mol. The maximum Gasteiger partial charge on any atom is 0.0858 e. The van der Waals surface area contributed by atoms with Gasteiger partial charge in [-0.3, -0.25) is 4.90 Å². The quantitative estimate of drug-likeness (QED) is 0.887. The van der Waals surface area contributed by atoms with E-state index in [-0.39, 0.29) is 6.10 Å². The molecule has 2 unspecified atom stereocenters. The molecule has 2 heterocycles. The second kappa shape index (κ2) is 7.18. The van der Waals surface area contributed by atoms with E-state index in [4.69, 9.17) is 4.74 Å². The maximum absolute atomic E-state index is 5.98. The van der Waals surface area contributed by atoms with Crippen molar-refractivity contribution in [3.63, 3.8) is 0 Å². The minimum Gasteiger partial charge on any atom is -0.374 e. The van der Waals surface area contributed by atoms with Crippen LogP contribution in [-0.4, -0.2) is 49.8 Å². The van der Waals surface area contributed by atoms with E-state index in [1.807, 2.05) is 18.4 Å². The van der Waals surface area contributed by atoms with E-state index in [0.29, 0.717) is 12.1 Å². The number of hydrogen-bond donors (Lipinski definition) is 1. The van der Waals surface area contributed by atoms with Crippen molar-refractivity contribution >= 4 is 27.3 Å². The average Bonchev–Trinajstić information content (AvgIpc) is 2.81. The van der Waals surface area contributed by atoms with E-state index >= 15 is 0 Å². The first-order valence-electron chi connectivity index (χ1n) is 6.87. The van der Waals surface area contributed by atoms with Crippen LogP contribution in [0.5, 0.6) is 0 Å². The van der Waals surface area contributed by atoms with Gasteiger partial charge in [0.15, 0.2) is 0 Å². The molecular formula is C14H23BrN2OS. The topological polar surface area (TPSA) is 24.5 Å². The van der Waals surface area contributed by atoms with Gasteiger partial charge >= 0.3 is 0 Å². The minimum atomic E-state index is 0.280. The molecule has 3 nitrogen and oxygen atoms in total. The Morgan fingerprint density at radius 3 is 2.89 bits per heavy atom. The third-order valence-corrected chi connectivity index (χ3v) is 5.37. The standard InChI is InChI=1S/C14H23BrN2OS/c1-10(2)17-6-7-18-13(9-17)12(16-3)8-11-4-5-14(15)19-11/h4-5,10,12-13,16H,6-9H2,1-3H3. The maximum atomic E-state index is 5.98. The number of nitrogens with one attached hydrogen (secondary N) is 1. The van der Waals surface area contributed by atoms with Crippen LogP contribution in [0.1, 0.15) is 18.7 Å². The van der Waals surface area contributed by atoms with Crippen LogP contribution in [0.15, 0.2) is 15.9 Å². The summed E-state index contributed by atoms with van der Waals surface area (Å²) in [5, 5.41) is 3.43. The number of rotatable bonds is 5. The van der Waals surface area contributed by atoms with E-state index in [0.717, 1.165) is 26.1 Å². The Bertz CT molecular complexity index is 397. The van der Waals surface area contributed by atoms with Crippen molar-refractivity contribution in [2.75, 3.05) is 26.7 Å². The van der Waals surface area contributed by atoms with Crippen molar-refractivity contribution in [3.05, 3.63) is 20.8 Å². The first-order valence-corrected chi connectivity index (χ1v) is 8.48. The van der Waals surface area contributed by atoms with Crippen LogP contribution in [-0.2, 0) is 11.2 Å². The van der Waals surface area contributed by atoms with Gasteiger partial charge in [0.2, 0.25) is 0 Å². The highest BCUT2D eigenvalue weighted by atomic mass is 79.9. The normalized spacial score (nSPS) is 22.9. The minimum absolute atomic E-state index is 0.280. The summed E-state index contributed by atoms with van der Waals surface area (Å²) >= 11 is 5.34. The highest BCUT2D eigenvalue weighted by Gasteiger charge is 2.28. The SMILES string of the molecule is CNC(Cc1ccc(Br)s1)C1CN(C(C)C)CCO1. The molecule has 108 valence electrons. The van der Waals surface area contributed by atoms with Crippen molar-refractivity contribution < 1.29 is 4.74 Å². The van der Waals surface area contributed by atoms with E-state index < -0.39 is 0 Å². The Kier molecular flexibility index (Phi) is 5.84. The molecule has 1 aliphatic heterocycles. The lowest BCUT2D eigenvalue weighted by Gasteiger charge is -2.38. The molecular weight excluding hydrogens is 324 g/mol. The molecule has 0 aliphatic carbocycles. The van der Waals surface area contributed by atoms with Gasteiger partial charge in [-0.1, -0.05) is 0 Å². The summed E-state index contributed by atoms with van der Waals surface area (Å²) in [6, 6.07) is 5.30. The summed E-state index contributed by atoms with van der Waals surface area (Å²) in [4.78, 5) is 3.90. The van der Waals surface area contributed by atoms with Crippen LogP contribution in [0, 0.1) is 0 Å². The van der Waals surface area contributed by atoms with Gasteiger partial charge in [0.05, 0.1) is 16.5 Å². The molecule has 0 radical (unpaired) electrons. The summed E-state index contributed by atoms with van der Waals surface area (Å²) in [6.07, 6.45) is 1.31. The predicted molar refractivity (Wildman–Crippen MR) is 85.0 cm³/mol. The zero-order valence-corrected chi connectivity index (χ0v) is 14.3. The number of thiophene rings is 1. The molecule has 1 aliphatic rings. The van der Waals surface area contributed by atoms with Crippen molar-refractivity contribution in [1.29, 1.82) is 0 Å². The number of likely N-dealkylation sites (N-methyl/N-ethyl adjacent to an activating group) is 1. The second-order valence-electron chi connectivity index (χ2n) is 5.30. The van der Waals surface area contributed by atoms with Gasteiger partial charge in [-0.25, -0.2) is 0 Å². The lowest BCUT2D eigenvalue weighted by Crippen LogP contribution is -2.53. The molecule has 0 spiro atoms. The van der Waals surface area contributed by atoms with Crippen molar-refractivity contribution in [2.24, 2.45) is 0 Å². The third-order valence-electron chi connectivity index (χ3n) is 3.72. The van der Waals surface area contributed by atoms with Crippen LogP contribution < -0.4 is 5.32 Å². The molecule has 19 heavy (non-hydrogen) atoms. The largest absolute Gasteiger partial charge is 0.374 e. The molecule has 1 aromatic rings. The molecule has 0 aromatic carbocycles. The molecule has 0 amide bonds. The average molecular weight is 347 g/mol. The highest BCUT2D eigenvalue weighted by Crippen LogP contribution is 2.24. The molecule has 5 heteroatoms. The van der Waals surface area contributed by atoms with Gasteiger partial charge in [0, 0.05) is 30.1 Å². The fourth-order valence-corrected chi connectivity index (χ4v) is 4.05. The zero-order chi connectivity index (χ0) is 13.8. The van der Waals surface area contributed by atoms with Crippen molar-refractivity contribution in [1.82, 2.24) is 10.2 Å². The molecule has 1 aromatic heterocycles. The van der Waals surface area contributed by atoms with Gasteiger partial charge in [-0.2, -0.15) is 0 Å². The molecule has 1 fully saturated rings. The Labute approximate surface area is 128 Å². The van der Waals surface area contributed by atoms with Crippen molar-refractivity contribution in [2.45, 2.75) is 38.5 Å². The van der Waals surface area contributed by atoms with Crippen LogP contribution >= 0.6 is 27.3 Å². The van der Waals surface area contributed by atoms with Gasteiger partial charge in [0.25, 0.3) is 0 Å². The van der Waals surface area contributed by atoms with Gasteiger partial charge in [0.1, 0.15) is 0 Å². The number of ether oxygens (including phenoxy) is 1. The van der Waals surface area contributed by atoms with E-state index in [9.17, 15) is 0 Å². The van der Waals surface area contributed by atoms with Gasteiger partial charge in [-0.15, -0.1) is 11.3 Å². The van der Waals surface area contributed by atoms with Crippen molar-refractivity contribution in [3.8, 4) is 0 Å². The Balaban J connectivity index is 1.96. The Morgan fingerprint density at radius 1 is 1.53 bits per heavy atom. The van der Waals surface area contributed by atoms with Crippen LogP contribution in [0.4, 0.5) is 0 Å². The van der Waals surface area contributed by atoms with Crippen LogP contribution in [0.2, 0.25) is 0 Å². The number of hydrogen-bond acceptors (Lipinski definition) is 4. The lowest BCUT2D eigenvalue weighted by atomic mass is 10.0. The molecule has 2 rings (SSSR count). The van der Waals surface area contributed by atoms with E-state index in [1.165, 1.54) is 8.66 Å². The zero-order valence-electron chi connectivity index (χ0n) is 11.9. The number of morpholine rings is 1. The molecule has 0 bridgehead atoms. The summed E-state index contributed by atoms with van der Waals surface area (Å²) in [5.41, 5.74) is 0. The second-order valence-corrected chi connectivity index (χ2v) is 7.85. The summed E-state index contributed by atoms with van der Waals surface area (Å²) in [5.74, 6) is 0. The molecule has 1 saturated heterocycles. The summed E-state index contributed by atoms with van der Waals surface area (Å²) < 4.78 is 7.18. The number of halogens is 1. The fourth-order valence-electron chi connectivity index (χ4n) is 2.51. The highest BCUT2D eigenvalue weighted by molar-refractivity contribution is 9.11. The summed E-state index contributed by atoms with van der Waals surface area (Å²) in [6.45, 7) is 7.43. The van der Waals surface area contributed by atoms with E-state index in [2.05, 4.69) is 52.1 Å². The predicted octanol–water partition coefficient (Wildman–Crippen LogP) is 2.75. The van der Waals surface area contributed by atoms with E-state index in [1.54, 1.807) is 0 Å². The first kappa shape index (κ1) is 15.4. The molecule has 2 atom stereocenters. The smallest absolute Gasteiger partial charge is 0.0858 e. The first-order chi connectivity index (χ1) is 9.10. The van der Waals surface area contributed by atoms with Crippen LogP contribution in [0.3, 0.4) is 0 Å². The summed E-state index contributed by atoms with van der Waals surface area (Å²) in [7, 11) is 2.03. The van der Waals surface area contributed by atoms with Gasteiger partial charge in [-0.05, 0) is 55.4 Å². The van der Waals surface area contributed by atoms with Crippen LogP contribution in [0.25, 0.3) is 0 Å². The lowest BCUT2D eigenvalue weighted by molar-refractivity contribution is -0.0540. The Hall–Kier alpha value is 0.0600.